The van der Waals surface area contributed by atoms with Crippen molar-refractivity contribution < 1.29 is 30.0 Å². The molecular formula is C28H33NO6. The molecule has 3 rings (SSSR count). The van der Waals surface area contributed by atoms with E-state index < -0.39 is 12.1 Å². The molecule has 35 heavy (non-hydrogen) atoms. The number of phenols is 1. The summed E-state index contributed by atoms with van der Waals surface area (Å²) in [5.41, 5.74) is 3.54. The number of aliphatic hydroxyl groups is 2. The van der Waals surface area contributed by atoms with Crippen LogP contribution < -0.4 is 10.1 Å². The minimum atomic E-state index is -0.904. The van der Waals surface area contributed by atoms with E-state index in [-0.39, 0.29) is 12.4 Å². The number of carboxylic acids is 1. The van der Waals surface area contributed by atoms with E-state index in [0.29, 0.717) is 36.4 Å². The fourth-order valence-corrected chi connectivity index (χ4v) is 3.76. The molecule has 5 N–H and O–H groups in total. The summed E-state index contributed by atoms with van der Waals surface area (Å²) < 4.78 is 5.82. The van der Waals surface area contributed by atoms with Gasteiger partial charge in [0.1, 0.15) is 11.5 Å². The van der Waals surface area contributed by atoms with E-state index in [0.717, 1.165) is 42.6 Å². The Morgan fingerprint density at radius 3 is 2.49 bits per heavy atom. The van der Waals surface area contributed by atoms with Crippen LogP contribution in [-0.4, -0.2) is 46.1 Å². The third kappa shape index (κ3) is 8.40. The van der Waals surface area contributed by atoms with Crippen molar-refractivity contribution in [2.75, 3.05) is 19.7 Å². The number of aromatic carboxylic acids is 1. The van der Waals surface area contributed by atoms with Crippen molar-refractivity contribution in [3.05, 3.63) is 94.5 Å². The lowest BCUT2D eigenvalue weighted by Crippen LogP contribution is -2.23. The fraction of sp³-hybridized carbons (Fsp3) is 0.321. The number of aromatic hydroxyl groups is 1. The monoisotopic (exact) mass is 479 g/mol. The lowest BCUT2D eigenvalue weighted by molar-refractivity contribution is 0.0696. The molecule has 0 aliphatic heterocycles. The second-order valence-corrected chi connectivity index (χ2v) is 8.47. The van der Waals surface area contributed by atoms with Crippen LogP contribution in [0.1, 0.15) is 51.6 Å². The van der Waals surface area contributed by atoms with Gasteiger partial charge in [0.25, 0.3) is 0 Å². The largest absolute Gasteiger partial charge is 0.508 e. The van der Waals surface area contributed by atoms with Gasteiger partial charge in [-0.15, -0.1) is 0 Å². The van der Waals surface area contributed by atoms with E-state index in [1.807, 2.05) is 30.3 Å². The van der Waals surface area contributed by atoms with Gasteiger partial charge in [0.05, 0.1) is 24.9 Å². The molecule has 0 radical (unpaired) electrons. The standard InChI is InChI=1S/C28H33NO6/c30-19-24-17-22(9-12-26(24)31)27(32)18-29-14-13-20-7-10-25(11-8-20)35-15-2-1-4-21-5-3-6-23(16-21)28(33)34/h3,5-12,16-17,27,29-32H,1-2,4,13-15,18-19H2,(H,33,34)/t27-/m0/s1. The van der Waals surface area contributed by atoms with Crippen molar-refractivity contribution in [2.24, 2.45) is 0 Å². The van der Waals surface area contributed by atoms with Crippen molar-refractivity contribution in [1.29, 1.82) is 0 Å². The first-order chi connectivity index (χ1) is 17.0. The molecule has 0 fully saturated rings. The summed E-state index contributed by atoms with van der Waals surface area (Å²) in [4.78, 5) is 11.0. The van der Waals surface area contributed by atoms with Crippen molar-refractivity contribution in [1.82, 2.24) is 5.32 Å². The summed E-state index contributed by atoms with van der Waals surface area (Å²) in [6.45, 7) is 1.40. The highest BCUT2D eigenvalue weighted by atomic mass is 16.5. The summed E-state index contributed by atoms with van der Waals surface area (Å²) in [5, 5.41) is 41.5. The van der Waals surface area contributed by atoms with Gasteiger partial charge < -0.3 is 30.5 Å². The summed E-state index contributed by atoms with van der Waals surface area (Å²) in [5.74, 6) is -0.0671. The Bertz CT molecular complexity index is 1080. The summed E-state index contributed by atoms with van der Waals surface area (Å²) in [6.07, 6.45) is 2.70. The van der Waals surface area contributed by atoms with Crippen LogP contribution in [0, 0.1) is 0 Å². The summed E-state index contributed by atoms with van der Waals surface area (Å²) in [7, 11) is 0. The van der Waals surface area contributed by atoms with E-state index in [1.54, 1.807) is 30.3 Å². The minimum absolute atomic E-state index is 0.0205. The highest BCUT2D eigenvalue weighted by molar-refractivity contribution is 5.87. The molecule has 0 aromatic heterocycles. The molecule has 186 valence electrons. The number of hydrogen-bond donors (Lipinski definition) is 5. The Morgan fingerprint density at radius 2 is 1.74 bits per heavy atom. The Kier molecular flexibility index (Phi) is 10.1. The average molecular weight is 480 g/mol. The highest BCUT2D eigenvalue weighted by Crippen LogP contribution is 2.22. The SMILES string of the molecule is O=C(O)c1cccc(CCCCOc2ccc(CCNC[C@H](O)c3ccc(O)c(CO)c3)cc2)c1. The molecule has 0 bridgehead atoms. The van der Waals surface area contributed by atoms with Crippen LogP contribution in [0.15, 0.2) is 66.7 Å². The number of nitrogens with one attached hydrogen (secondary N) is 1. The number of aryl methyl sites for hydroxylation is 1. The second kappa shape index (κ2) is 13.5. The molecule has 0 saturated carbocycles. The van der Waals surface area contributed by atoms with Crippen LogP contribution in [0.2, 0.25) is 0 Å². The maximum Gasteiger partial charge on any atom is 0.335 e. The average Bonchev–Trinajstić information content (AvgIpc) is 2.87. The Balaban J connectivity index is 1.31. The van der Waals surface area contributed by atoms with Crippen LogP contribution in [0.5, 0.6) is 11.5 Å². The van der Waals surface area contributed by atoms with Crippen molar-refractivity contribution in [3.63, 3.8) is 0 Å². The van der Waals surface area contributed by atoms with Gasteiger partial charge in [0, 0.05) is 12.1 Å². The third-order valence-electron chi connectivity index (χ3n) is 5.81. The topological polar surface area (TPSA) is 119 Å². The summed E-state index contributed by atoms with van der Waals surface area (Å²) in [6, 6.07) is 19.7. The van der Waals surface area contributed by atoms with Crippen LogP contribution in [0.4, 0.5) is 0 Å². The van der Waals surface area contributed by atoms with Crippen LogP contribution in [0.25, 0.3) is 0 Å². The van der Waals surface area contributed by atoms with Crippen LogP contribution >= 0.6 is 0 Å². The normalized spacial score (nSPS) is 11.8. The molecule has 0 aliphatic carbocycles. The number of carbonyl (C=O) groups is 1. The maximum absolute atomic E-state index is 11.0. The molecular weight excluding hydrogens is 446 g/mol. The van der Waals surface area contributed by atoms with Gasteiger partial charge in [0.2, 0.25) is 0 Å². The first-order valence-electron chi connectivity index (χ1n) is 11.8. The Morgan fingerprint density at radius 1 is 0.943 bits per heavy atom. The Labute approximate surface area is 205 Å². The molecule has 0 amide bonds. The number of ether oxygens (including phenoxy) is 1. The molecule has 7 nitrogen and oxygen atoms in total. The van der Waals surface area contributed by atoms with Crippen molar-refractivity contribution in [3.8, 4) is 11.5 Å². The highest BCUT2D eigenvalue weighted by Gasteiger charge is 2.10. The van der Waals surface area contributed by atoms with Gasteiger partial charge in [-0.1, -0.05) is 30.3 Å². The zero-order valence-corrected chi connectivity index (χ0v) is 19.7. The molecule has 3 aromatic rings. The third-order valence-corrected chi connectivity index (χ3v) is 5.81. The smallest absolute Gasteiger partial charge is 0.335 e. The molecule has 0 unspecified atom stereocenters. The quantitative estimate of drug-likeness (QED) is 0.223. The van der Waals surface area contributed by atoms with E-state index in [1.165, 1.54) is 6.07 Å². The van der Waals surface area contributed by atoms with Gasteiger partial charge in [-0.2, -0.15) is 0 Å². The Hall–Kier alpha value is -3.39. The van der Waals surface area contributed by atoms with Gasteiger partial charge in [-0.25, -0.2) is 4.79 Å². The summed E-state index contributed by atoms with van der Waals surface area (Å²) >= 11 is 0. The first kappa shape index (κ1) is 26.2. The van der Waals surface area contributed by atoms with E-state index in [2.05, 4.69) is 5.32 Å². The number of aliphatic hydroxyl groups excluding tert-OH is 2. The molecule has 0 aliphatic rings. The molecule has 0 saturated heterocycles. The van der Waals surface area contributed by atoms with Gasteiger partial charge >= 0.3 is 5.97 Å². The predicted octanol–water partition coefficient (Wildman–Crippen LogP) is 3.85. The van der Waals surface area contributed by atoms with Gasteiger partial charge in [0.15, 0.2) is 0 Å². The lowest BCUT2D eigenvalue weighted by Gasteiger charge is -2.14. The number of carboxylic acid groups (broad SMARTS) is 1. The maximum atomic E-state index is 11.0. The first-order valence-corrected chi connectivity index (χ1v) is 11.8. The molecule has 1 atom stereocenters. The number of unbranched alkanes of at least 4 members (excludes halogenated alkanes) is 1. The number of rotatable bonds is 14. The fourth-order valence-electron chi connectivity index (χ4n) is 3.76. The lowest BCUT2D eigenvalue weighted by atomic mass is 10.1. The molecule has 3 aromatic carbocycles. The van der Waals surface area contributed by atoms with Crippen molar-refractivity contribution >= 4 is 5.97 Å². The van der Waals surface area contributed by atoms with E-state index in [4.69, 9.17) is 9.84 Å². The zero-order valence-electron chi connectivity index (χ0n) is 19.7. The van der Waals surface area contributed by atoms with E-state index in [9.17, 15) is 20.1 Å². The molecule has 0 heterocycles. The second-order valence-electron chi connectivity index (χ2n) is 8.47. The van der Waals surface area contributed by atoms with Crippen LogP contribution in [0.3, 0.4) is 0 Å². The number of hydrogen-bond acceptors (Lipinski definition) is 6. The predicted molar refractivity (Wildman–Crippen MR) is 134 cm³/mol. The minimum Gasteiger partial charge on any atom is -0.508 e. The number of benzene rings is 3. The van der Waals surface area contributed by atoms with E-state index >= 15 is 0 Å². The molecule has 7 heteroatoms. The van der Waals surface area contributed by atoms with Crippen LogP contribution in [-0.2, 0) is 19.4 Å². The molecule has 0 spiro atoms. The zero-order chi connectivity index (χ0) is 25.0. The van der Waals surface area contributed by atoms with Gasteiger partial charge in [-0.05, 0) is 85.3 Å². The van der Waals surface area contributed by atoms with Crippen molar-refractivity contribution in [2.45, 2.75) is 38.4 Å². The van der Waals surface area contributed by atoms with Gasteiger partial charge in [-0.3, -0.25) is 0 Å².